The molecule has 1 atom stereocenters. The Labute approximate surface area is 135 Å². The standard InChI is InChI=1S/C16H22N2O5/c1-5-6-7-22-13(19)9-18-14(20)16(4,17-15(18)21)12-8-10(2)23-11(12)3/h8H,5-7,9H2,1-4H3,(H,17,21). The zero-order valence-electron chi connectivity index (χ0n) is 13.9. The number of rotatable bonds is 6. The smallest absolute Gasteiger partial charge is 0.326 e. The quantitative estimate of drug-likeness (QED) is 0.491. The Morgan fingerprint density at radius 1 is 1.39 bits per heavy atom. The average molecular weight is 322 g/mol. The molecular weight excluding hydrogens is 300 g/mol. The summed E-state index contributed by atoms with van der Waals surface area (Å²) in [6, 6.07) is 1.11. The summed E-state index contributed by atoms with van der Waals surface area (Å²) in [6.07, 6.45) is 1.64. The molecule has 0 saturated carbocycles. The van der Waals surface area contributed by atoms with Gasteiger partial charge in [-0.2, -0.15) is 0 Å². The van der Waals surface area contributed by atoms with Crippen LogP contribution in [0.1, 0.15) is 43.8 Å². The number of carbonyl (C=O) groups excluding carboxylic acids is 3. The molecule has 1 aromatic heterocycles. The molecule has 1 fully saturated rings. The molecule has 1 saturated heterocycles. The summed E-state index contributed by atoms with van der Waals surface area (Å²) in [5, 5.41) is 2.64. The molecule has 1 unspecified atom stereocenters. The van der Waals surface area contributed by atoms with E-state index in [-0.39, 0.29) is 13.2 Å². The molecule has 3 amide bonds. The molecule has 0 spiro atoms. The predicted molar refractivity (Wildman–Crippen MR) is 81.6 cm³/mol. The van der Waals surface area contributed by atoms with Gasteiger partial charge in [0.2, 0.25) is 0 Å². The third-order valence-corrected chi connectivity index (χ3v) is 3.90. The second-order valence-electron chi connectivity index (χ2n) is 5.85. The molecule has 7 heteroatoms. The molecule has 1 N–H and O–H groups in total. The van der Waals surface area contributed by atoms with Gasteiger partial charge in [0.1, 0.15) is 23.6 Å². The summed E-state index contributed by atoms with van der Waals surface area (Å²) in [4.78, 5) is 37.4. The van der Waals surface area contributed by atoms with Gasteiger partial charge < -0.3 is 14.5 Å². The van der Waals surface area contributed by atoms with Gasteiger partial charge in [0.15, 0.2) is 0 Å². The number of hydrogen-bond donors (Lipinski definition) is 1. The van der Waals surface area contributed by atoms with Crippen molar-refractivity contribution in [2.45, 2.75) is 46.1 Å². The molecular formula is C16H22N2O5. The number of amides is 3. The molecule has 7 nitrogen and oxygen atoms in total. The molecule has 126 valence electrons. The summed E-state index contributed by atoms with van der Waals surface area (Å²) in [5.74, 6) is 0.134. The highest BCUT2D eigenvalue weighted by atomic mass is 16.5. The predicted octanol–water partition coefficient (Wildman–Crippen LogP) is 2.01. The number of esters is 1. The van der Waals surface area contributed by atoms with Crippen molar-refractivity contribution in [2.24, 2.45) is 0 Å². The maximum Gasteiger partial charge on any atom is 0.326 e. The number of nitrogens with one attached hydrogen (secondary N) is 1. The topological polar surface area (TPSA) is 88.8 Å². The Bertz CT molecular complexity index is 636. The molecule has 1 aliphatic rings. The molecule has 1 aromatic rings. The van der Waals surface area contributed by atoms with Crippen LogP contribution >= 0.6 is 0 Å². The van der Waals surface area contributed by atoms with Crippen LogP contribution in [-0.2, 0) is 19.9 Å². The lowest BCUT2D eigenvalue weighted by atomic mass is 9.92. The van der Waals surface area contributed by atoms with Gasteiger partial charge in [0.25, 0.3) is 5.91 Å². The fraction of sp³-hybridized carbons (Fsp3) is 0.562. The molecule has 23 heavy (non-hydrogen) atoms. The second-order valence-corrected chi connectivity index (χ2v) is 5.85. The maximum atomic E-state index is 12.7. The van der Waals surface area contributed by atoms with Crippen LogP contribution in [0.2, 0.25) is 0 Å². The van der Waals surface area contributed by atoms with Gasteiger partial charge in [-0.3, -0.25) is 14.5 Å². The number of carbonyl (C=O) groups is 3. The third kappa shape index (κ3) is 3.23. The number of ether oxygens (including phenoxy) is 1. The normalized spacial score (nSPS) is 20.8. The molecule has 1 aliphatic heterocycles. The van der Waals surface area contributed by atoms with E-state index < -0.39 is 23.4 Å². The first-order valence-electron chi connectivity index (χ1n) is 7.66. The molecule has 0 aliphatic carbocycles. The Balaban J connectivity index is 2.13. The van der Waals surface area contributed by atoms with Crippen molar-refractivity contribution < 1.29 is 23.5 Å². The van der Waals surface area contributed by atoms with Gasteiger partial charge in [0.05, 0.1) is 6.61 Å². The minimum atomic E-state index is -1.23. The highest BCUT2D eigenvalue weighted by molar-refractivity contribution is 6.08. The first-order valence-corrected chi connectivity index (χ1v) is 7.66. The first kappa shape index (κ1) is 17.1. The lowest BCUT2D eigenvalue weighted by Gasteiger charge is -2.21. The fourth-order valence-corrected chi connectivity index (χ4v) is 2.66. The Hall–Kier alpha value is -2.31. The summed E-state index contributed by atoms with van der Waals surface area (Å²) < 4.78 is 10.5. The fourth-order valence-electron chi connectivity index (χ4n) is 2.66. The zero-order chi connectivity index (χ0) is 17.2. The average Bonchev–Trinajstić information content (AvgIpc) is 2.92. The number of imide groups is 1. The van der Waals surface area contributed by atoms with E-state index in [0.29, 0.717) is 17.1 Å². The lowest BCUT2D eigenvalue weighted by Crippen LogP contribution is -2.42. The highest BCUT2D eigenvalue weighted by Crippen LogP contribution is 2.32. The molecule has 0 radical (unpaired) electrons. The minimum Gasteiger partial charge on any atom is -0.466 e. The first-order chi connectivity index (χ1) is 10.8. The van der Waals surface area contributed by atoms with Crippen molar-refractivity contribution in [3.63, 3.8) is 0 Å². The van der Waals surface area contributed by atoms with Gasteiger partial charge in [0, 0.05) is 5.56 Å². The van der Waals surface area contributed by atoms with E-state index >= 15 is 0 Å². The molecule has 2 rings (SSSR count). The Morgan fingerprint density at radius 2 is 2.09 bits per heavy atom. The van der Waals surface area contributed by atoms with Crippen molar-refractivity contribution in [3.8, 4) is 0 Å². The minimum absolute atomic E-state index is 0.288. The van der Waals surface area contributed by atoms with Crippen LogP contribution in [-0.4, -0.2) is 36.0 Å². The van der Waals surface area contributed by atoms with Crippen LogP contribution in [0.5, 0.6) is 0 Å². The van der Waals surface area contributed by atoms with Crippen LogP contribution in [0.4, 0.5) is 4.79 Å². The van der Waals surface area contributed by atoms with E-state index in [4.69, 9.17) is 9.15 Å². The molecule has 0 bridgehead atoms. The van der Waals surface area contributed by atoms with E-state index in [1.165, 1.54) is 0 Å². The second kappa shape index (κ2) is 6.44. The number of nitrogens with zero attached hydrogens (tertiary/aromatic N) is 1. The van der Waals surface area contributed by atoms with Crippen LogP contribution < -0.4 is 5.32 Å². The summed E-state index contributed by atoms with van der Waals surface area (Å²) in [6.45, 7) is 6.98. The Morgan fingerprint density at radius 3 is 2.65 bits per heavy atom. The van der Waals surface area contributed by atoms with Crippen LogP contribution in [0.15, 0.2) is 10.5 Å². The largest absolute Gasteiger partial charge is 0.466 e. The molecule has 0 aromatic carbocycles. The van der Waals surface area contributed by atoms with Crippen molar-refractivity contribution in [2.75, 3.05) is 13.2 Å². The van der Waals surface area contributed by atoms with Gasteiger partial charge >= 0.3 is 12.0 Å². The van der Waals surface area contributed by atoms with E-state index in [9.17, 15) is 14.4 Å². The van der Waals surface area contributed by atoms with E-state index in [1.807, 2.05) is 6.92 Å². The van der Waals surface area contributed by atoms with Crippen LogP contribution in [0, 0.1) is 13.8 Å². The monoisotopic (exact) mass is 322 g/mol. The Kier molecular flexibility index (Phi) is 4.77. The highest BCUT2D eigenvalue weighted by Gasteiger charge is 2.51. The van der Waals surface area contributed by atoms with Crippen molar-refractivity contribution in [1.82, 2.24) is 10.2 Å². The van der Waals surface area contributed by atoms with Crippen LogP contribution in [0.25, 0.3) is 0 Å². The van der Waals surface area contributed by atoms with Gasteiger partial charge in [-0.15, -0.1) is 0 Å². The van der Waals surface area contributed by atoms with Crippen molar-refractivity contribution in [3.05, 3.63) is 23.2 Å². The van der Waals surface area contributed by atoms with Crippen LogP contribution in [0.3, 0.4) is 0 Å². The van der Waals surface area contributed by atoms with E-state index in [0.717, 1.165) is 17.7 Å². The van der Waals surface area contributed by atoms with E-state index in [1.54, 1.807) is 26.8 Å². The SMILES string of the molecule is CCCCOC(=O)CN1C(=O)NC(C)(c2cc(C)oc2C)C1=O. The van der Waals surface area contributed by atoms with Gasteiger partial charge in [-0.05, 0) is 33.3 Å². The number of aryl methyl sites for hydroxylation is 2. The zero-order valence-corrected chi connectivity index (χ0v) is 13.9. The summed E-state index contributed by atoms with van der Waals surface area (Å²) in [5.41, 5.74) is -0.641. The number of hydrogen-bond acceptors (Lipinski definition) is 5. The number of furan rings is 1. The number of urea groups is 1. The lowest BCUT2D eigenvalue weighted by molar-refractivity contribution is -0.147. The third-order valence-electron chi connectivity index (χ3n) is 3.90. The van der Waals surface area contributed by atoms with Crippen molar-refractivity contribution >= 4 is 17.9 Å². The number of unbranched alkanes of at least 4 members (excludes halogenated alkanes) is 1. The summed E-state index contributed by atoms with van der Waals surface area (Å²) in [7, 11) is 0. The van der Waals surface area contributed by atoms with Gasteiger partial charge in [-0.1, -0.05) is 13.3 Å². The van der Waals surface area contributed by atoms with E-state index in [2.05, 4.69) is 5.32 Å². The molecule has 2 heterocycles. The summed E-state index contributed by atoms with van der Waals surface area (Å²) >= 11 is 0. The van der Waals surface area contributed by atoms with Gasteiger partial charge in [-0.25, -0.2) is 4.79 Å². The maximum absolute atomic E-state index is 12.7. The van der Waals surface area contributed by atoms with Crippen molar-refractivity contribution in [1.29, 1.82) is 0 Å².